The molecule has 178 valence electrons. The van der Waals surface area contributed by atoms with Crippen LogP contribution in [0.5, 0.6) is 0 Å². The van der Waals surface area contributed by atoms with E-state index in [0.29, 0.717) is 12.3 Å². The molecule has 0 spiro atoms. The molecule has 3 N–H and O–H groups in total. The van der Waals surface area contributed by atoms with Crippen LogP contribution in [0, 0.1) is 11.3 Å². The van der Waals surface area contributed by atoms with E-state index >= 15 is 0 Å². The Morgan fingerprint density at radius 1 is 1.27 bits per heavy atom. The lowest BCUT2D eigenvalue weighted by molar-refractivity contribution is -0.194. The van der Waals surface area contributed by atoms with Crippen molar-refractivity contribution in [2.24, 2.45) is 16.5 Å². The summed E-state index contributed by atoms with van der Waals surface area (Å²) in [5, 5.41) is 6.74. The van der Waals surface area contributed by atoms with Crippen LogP contribution in [0.25, 0.3) is 0 Å². The number of rotatable bonds is 4. The van der Waals surface area contributed by atoms with Crippen molar-refractivity contribution in [2.45, 2.75) is 30.5 Å². The zero-order valence-corrected chi connectivity index (χ0v) is 17.8. The summed E-state index contributed by atoms with van der Waals surface area (Å²) in [6, 6.07) is 2.73. The monoisotopic (exact) mass is 491 g/mol. The Morgan fingerprint density at radius 2 is 1.97 bits per heavy atom. The number of sulfonamides is 1. The fourth-order valence-corrected chi connectivity index (χ4v) is 4.94. The van der Waals surface area contributed by atoms with Crippen molar-refractivity contribution in [3.05, 3.63) is 41.7 Å². The van der Waals surface area contributed by atoms with Crippen molar-refractivity contribution in [3.63, 3.8) is 0 Å². The van der Waals surface area contributed by atoms with E-state index < -0.39 is 55.5 Å². The molecule has 4 rings (SSSR count). The van der Waals surface area contributed by atoms with Crippen LogP contribution in [0.15, 0.2) is 35.6 Å². The minimum absolute atomic E-state index is 0.0940. The van der Waals surface area contributed by atoms with E-state index in [-0.39, 0.29) is 31.0 Å². The second-order valence-electron chi connectivity index (χ2n) is 8.50. The average molecular weight is 491 g/mol. The van der Waals surface area contributed by atoms with Gasteiger partial charge in [-0.3, -0.25) is 4.79 Å². The van der Waals surface area contributed by atoms with Crippen molar-refractivity contribution in [1.82, 2.24) is 9.97 Å². The third kappa shape index (κ3) is 4.24. The summed E-state index contributed by atoms with van der Waals surface area (Å²) in [6.07, 6.45) is -3.59. The van der Waals surface area contributed by atoms with Crippen LogP contribution < -0.4 is 15.4 Å². The van der Waals surface area contributed by atoms with E-state index in [4.69, 9.17) is 5.14 Å². The zero-order valence-electron chi connectivity index (χ0n) is 17.0. The van der Waals surface area contributed by atoms with Crippen molar-refractivity contribution < 1.29 is 35.2 Å². The van der Waals surface area contributed by atoms with Crippen LogP contribution in [-0.2, 0) is 16.2 Å². The highest BCUT2D eigenvalue weighted by Gasteiger charge is 2.67. The van der Waals surface area contributed by atoms with E-state index in [1.807, 2.05) is 0 Å². The van der Waals surface area contributed by atoms with Crippen molar-refractivity contribution in [2.75, 3.05) is 23.3 Å². The summed E-state index contributed by atoms with van der Waals surface area (Å²) in [7, 11) is -4.20. The Bertz CT molecular complexity index is 1240. The summed E-state index contributed by atoms with van der Waals surface area (Å²) in [6.45, 7) is 1.58. The summed E-state index contributed by atoms with van der Waals surface area (Å²) >= 11 is 0. The van der Waals surface area contributed by atoms with Gasteiger partial charge in [0.05, 0.1) is 11.1 Å². The van der Waals surface area contributed by atoms with Gasteiger partial charge in [0.2, 0.25) is 0 Å². The Labute approximate surface area is 185 Å². The lowest BCUT2D eigenvalue weighted by Crippen LogP contribution is -2.54. The molecule has 2 atom stereocenters. The first-order valence-corrected chi connectivity index (χ1v) is 11.1. The van der Waals surface area contributed by atoms with Gasteiger partial charge >= 0.3 is 6.18 Å². The SMILES string of the molecule is C[C@]12CN(c3ncc(C(F)(F)F)cc3C(=O)Nc3ccnc(S(N)(=O)=O)c3)CC1C(F)(F)C2. The Hall–Kier alpha value is -2.87. The Morgan fingerprint density at radius 3 is 2.55 bits per heavy atom. The quantitative estimate of drug-likeness (QED) is 0.635. The van der Waals surface area contributed by atoms with Gasteiger partial charge in [0, 0.05) is 55.0 Å². The number of carbonyl (C=O) groups excluding carboxylic acids is 1. The number of nitrogens with zero attached hydrogens (tertiary/aromatic N) is 3. The van der Waals surface area contributed by atoms with E-state index in [2.05, 4.69) is 15.3 Å². The van der Waals surface area contributed by atoms with Gasteiger partial charge in [-0.25, -0.2) is 32.3 Å². The highest BCUT2D eigenvalue weighted by Crippen LogP contribution is 2.61. The lowest BCUT2D eigenvalue weighted by Gasteiger charge is -2.47. The molecule has 33 heavy (non-hydrogen) atoms. The molecule has 2 fully saturated rings. The molecule has 0 radical (unpaired) electrons. The van der Waals surface area contributed by atoms with Crippen LogP contribution in [0.4, 0.5) is 33.5 Å². The van der Waals surface area contributed by atoms with Gasteiger partial charge in [0.15, 0.2) is 5.03 Å². The second kappa shape index (κ2) is 7.32. The number of halogens is 5. The molecule has 2 aliphatic rings. The van der Waals surface area contributed by atoms with Crippen LogP contribution in [0.3, 0.4) is 0 Å². The molecule has 3 heterocycles. The number of primary sulfonamides is 1. The molecule has 1 aliphatic carbocycles. The number of hydrogen-bond acceptors (Lipinski definition) is 6. The summed E-state index contributed by atoms with van der Waals surface area (Å²) in [5.74, 6) is -5.12. The number of fused-ring (bicyclic) bond motifs is 1. The first-order valence-electron chi connectivity index (χ1n) is 9.60. The van der Waals surface area contributed by atoms with Crippen molar-refractivity contribution in [1.29, 1.82) is 0 Å². The molecule has 1 saturated heterocycles. The highest BCUT2D eigenvalue weighted by molar-refractivity contribution is 7.89. The van der Waals surface area contributed by atoms with E-state index in [1.165, 1.54) is 11.0 Å². The number of pyridine rings is 2. The third-order valence-electron chi connectivity index (χ3n) is 5.97. The Kier molecular flexibility index (Phi) is 5.16. The number of amides is 1. The van der Waals surface area contributed by atoms with Gasteiger partial charge in [0.1, 0.15) is 5.82 Å². The molecule has 1 unspecified atom stereocenters. The standard InChI is InChI=1S/C19H18F5N5O3S/c1-17-8-18(20,21)13(17)7-29(9-17)15-12(4-10(6-27-15)19(22,23)24)16(30)28-11-2-3-26-14(5-11)33(25,31)32/h2-6,13H,7-9H2,1H3,(H2,25,31,32)(H,26,28,30)/t13?,17-/m0/s1. The van der Waals surface area contributed by atoms with E-state index in [0.717, 1.165) is 12.3 Å². The zero-order chi connectivity index (χ0) is 24.4. The smallest absolute Gasteiger partial charge is 0.355 e. The maximum Gasteiger partial charge on any atom is 0.417 e. The number of alkyl halides is 5. The highest BCUT2D eigenvalue weighted by atomic mass is 32.2. The normalized spacial score (nSPS) is 24.2. The first-order chi connectivity index (χ1) is 15.1. The van der Waals surface area contributed by atoms with Crippen LogP contribution in [0.1, 0.15) is 29.3 Å². The second-order valence-corrected chi connectivity index (χ2v) is 10.0. The molecule has 1 aliphatic heterocycles. The minimum atomic E-state index is -4.80. The molecule has 2 aromatic rings. The number of nitrogens with two attached hydrogens (primary N) is 1. The molecule has 1 saturated carbocycles. The summed E-state index contributed by atoms with van der Waals surface area (Å²) < 4.78 is 90.7. The molecular formula is C19H18F5N5O3S. The molecule has 8 nitrogen and oxygen atoms in total. The van der Waals surface area contributed by atoms with Gasteiger partial charge in [-0.05, 0) is 12.1 Å². The van der Waals surface area contributed by atoms with Gasteiger partial charge < -0.3 is 10.2 Å². The van der Waals surface area contributed by atoms with Gasteiger partial charge in [-0.2, -0.15) is 13.2 Å². The largest absolute Gasteiger partial charge is 0.417 e. The summed E-state index contributed by atoms with van der Waals surface area (Å²) in [5.41, 5.74) is -2.54. The first kappa shape index (κ1) is 23.3. The molecule has 14 heteroatoms. The predicted molar refractivity (Wildman–Crippen MR) is 106 cm³/mol. The Balaban J connectivity index is 1.70. The third-order valence-corrected chi connectivity index (χ3v) is 6.77. The molecule has 0 aromatic carbocycles. The number of carbonyl (C=O) groups is 1. The van der Waals surface area contributed by atoms with Crippen molar-refractivity contribution >= 4 is 27.4 Å². The average Bonchev–Trinajstić information content (AvgIpc) is 2.99. The maximum atomic E-state index is 14.0. The van der Waals surface area contributed by atoms with Gasteiger partial charge in [-0.1, -0.05) is 6.92 Å². The van der Waals surface area contributed by atoms with Crippen LogP contribution >= 0.6 is 0 Å². The number of hydrogen-bond donors (Lipinski definition) is 2. The molecule has 1 amide bonds. The van der Waals surface area contributed by atoms with Crippen molar-refractivity contribution in [3.8, 4) is 0 Å². The van der Waals surface area contributed by atoms with E-state index in [1.54, 1.807) is 6.92 Å². The topological polar surface area (TPSA) is 118 Å². The number of aromatic nitrogens is 2. The van der Waals surface area contributed by atoms with Gasteiger partial charge in [0.25, 0.3) is 21.9 Å². The van der Waals surface area contributed by atoms with Gasteiger partial charge in [-0.15, -0.1) is 0 Å². The lowest BCUT2D eigenvalue weighted by atomic mass is 9.60. The summed E-state index contributed by atoms with van der Waals surface area (Å²) in [4.78, 5) is 21.7. The number of nitrogens with one attached hydrogen (secondary N) is 1. The minimum Gasteiger partial charge on any atom is -0.355 e. The van der Waals surface area contributed by atoms with E-state index in [9.17, 15) is 35.2 Å². The molecule has 0 bridgehead atoms. The fourth-order valence-electron chi connectivity index (χ4n) is 4.44. The number of anilines is 2. The van der Waals surface area contributed by atoms with Crippen LogP contribution in [0.2, 0.25) is 0 Å². The molecular weight excluding hydrogens is 473 g/mol. The molecule has 2 aromatic heterocycles. The van der Waals surface area contributed by atoms with Crippen LogP contribution in [-0.4, -0.2) is 43.3 Å². The maximum absolute atomic E-state index is 14.0. The predicted octanol–water partition coefficient (Wildman–Crippen LogP) is 2.88. The fraction of sp³-hybridized carbons (Fsp3) is 0.421.